The van der Waals surface area contributed by atoms with Gasteiger partial charge in [-0.1, -0.05) is 6.42 Å². The van der Waals surface area contributed by atoms with E-state index in [2.05, 4.69) is 10.6 Å². The molecule has 1 saturated heterocycles. The summed E-state index contributed by atoms with van der Waals surface area (Å²) in [5, 5.41) is 14.3. The standard InChI is InChI=1S/C13H22N2O5S/c16-11(17)6-13(3-1-4-13)9-15-12(18)14-7-10-2-5-21(19,20)8-10/h10H,1-9H2,(H,16,17)(H2,14,15,18). The maximum Gasteiger partial charge on any atom is 0.314 e. The van der Waals surface area contributed by atoms with E-state index in [0.717, 1.165) is 19.3 Å². The summed E-state index contributed by atoms with van der Waals surface area (Å²) in [6.45, 7) is 0.699. The van der Waals surface area contributed by atoms with E-state index < -0.39 is 15.8 Å². The van der Waals surface area contributed by atoms with Gasteiger partial charge in [0, 0.05) is 13.1 Å². The van der Waals surface area contributed by atoms with Gasteiger partial charge in [-0.25, -0.2) is 13.2 Å². The lowest BCUT2D eigenvalue weighted by Crippen LogP contribution is -2.47. The Labute approximate surface area is 124 Å². The number of nitrogens with one attached hydrogen (secondary N) is 2. The highest BCUT2D eigenvalue weighted by molar-refractivity contribution is 7.91. The van der Waals surface area contributed by atoms with Crippen LogP contribution in [0.5, 0.6) is 0 Å². The smallest absolute Gasteiger partial charge is 0.314 e. The molecule has 2 fully saturated rings. The summed E-state index contributed by atoms with van der Waals surface area (Å²) in [5.74, 6) is -0.524. The van der Waals surface area contributed by atoms with Crippen LogP contribution in [-0.4, -0.2) is 50.1 Å². The van der Waals surface area contributed by atoms with Crippen LogP contribution in [0.25, 0.3) is 0 Å². The third kappa shape index (κ3) is 4.59. The number of rotatable bonds is 6. The van der Waals surface area contributed by atoms with Gasteiger partial charge in [0.25, 0.3) is 0 Å². The number of amides is 2. The number of carbonyl (C=O) groups excluding carboxylic acids is 1. The molecule has 3 N–H and O–H groups in total. The van der Waals surface area contributed by atoms with E-state index >= 15 is 0 Å². The molecule has 2 amide bonds. The summed E-state index contributed by atoms with van der Waals surface area (Å²) in [7, 11) is -2.92. The molecule has 0 bridgehead atoms. The Hall–Kier alpha value is -1.31. The largest absolute Gasteiger partial charge is 0.481 e. The minimum Gasteiger partial charge on any atom is -0.481 e. The van der Waals surface area contributed by atoms with Gasteiger partial charge in [-0.2, -0.15) is 0 Å². The van der Waals surface area contributed by atoms with Gasteiger partial charge >= 0.3 is 12.0 Å². The predicted octanol–water partition coefficient (Wildman–Crippen LogP) is 0.365. The van der Waals surface area contributed by atoms with E-state index in [9.17, 15) is 18.0 Å². The van der Waals surface area contributed by atoms with Crippen LogP contribution < -0.4 is 10.6 Å². The molecule has 0 aromatic heterocycles. The van der Waals surface area contributed by atoms with Crippen LogP contribution in [0.15, 0.2) is 0 Å². The van der Waals surface area contributed by atoms with Crippen LogP contribution in [0, 0.1) is 11.3 Å². The molecule has 7 nitrogen and oxygen atoms in total. The summed E-state index contributed by atoms with van der Waals surface area (Å²) in [5.41, 5.74) is -0.306. The summed E-state index contributed by atoms with van der Waals surface area (Å²) >= 11 is 0. The van der Waals surface area contributed by atoms with Gasteiger partial charge < -0.3 is 15.7 Å². The van der Waals surface area contributed by atoms with Gasteiger partial charge in [0.05, 0.1) is 17.9 Å². The van der Waals surface area contributed by atoms with Gasteiger partial charge in [-0.3, -0.25) is 4.79 Å². The van der Waals surface area contributed by atoms with Crippen molar-refractivity contribution in [3.05, 3.63) is 0 Å². The van der Waals surface area contributed by atoms with Crippen LogP contribution in [0.4, 0.5) is 4.79 Å². The van der Waals surface area contributed by atoms with Crippen molar-refractivity contribution in [1.29, 1.82) is 0 Å². The van der Waals surface area contributed by atoms with Crippen LogP contribution in [-0.2, 0) is 14.6 Å². The van der Waals surface area contributed by atoms with Crippen LogP contribution in [0.3, 0.4) is 0 Å². The number of carboxylic acids is 1. The highest BCUT2D eigenvalue weighted by Gasteiger charge is 2.39. The molecule has 2 rings (SSSR count). The molecule has 1 atom stereocenters. The molecule has 0 aromatic carbocycles. The molecule has 1 aliphatic carbocycles. The molecule has 0 spiro atoms. The zero-order chi connectivity index (χ0) is 15.5. The summed E-state index contributed by atoms with van der Waals surface area (Å²) in [6, 6.07) is -0.351. The van der Waals surface area contributed by atoms with E-state index in [4.69, 9.17) is 5.11 Å². The molecular weight excluding hydrogens is 296 g/mol. The van der Waals surface area contributed by atoms with E-state index in [-0.39, 0.29) is 35.3 Å². The van der Waals surface area contributed by atoms with Crippen molar-refractivity contribution in [3.63, 3.8) is 0 Å². The summed E-state index contributed by atoms with van der Waals surface area (Å²) in [6.07, 6.45) is 3.30. The first-order valence-corrected chi connectivity index (χ1v) is 9.06. The highest BCUT2D eigenvalue weighted by Crippen LogP contribution is 2.43. The van der Waals surface area contributed by atoms with Gasteiger partial charge in [0.15, 0.2) is 9.84 Å². The van der Waals surface area contributed by atoms with Crippen molar-refractivity contribution in [3.8, 4) is 0 Å². The van der Waals surface area contributed by atoms with E-state index in [1.165, 1.54) is 0 Å². The second kappa shape index (κ2) is 6.21. The highest BCUT2D eigenvalue weighted by atomic mass is 32.2. The maximum absolute atomic E-state index is 11.7. The number of urea groups is 1. The molecule has 8 heteroatoms. The molecular formula is C13H22N2O5S. The molecule has 1 heterocycles. The molecule has 0 radical (unpaired) electrons. The van der Waals surface area contributed by atoms with Crippen molar-refractivity contribution in [2.24, 2.45) is 11.3 Å². The molecule has 21 heavy (non-hydrogen) atoms. The molecule has 1 aliphatic heterocycles. The average molecular weight is 318 g/mol. The first-order chi connectivity index (χ1) is 9.80. The number of carboxylic acid groups (broad SMARTS) is 1. The van der Waals surface area contributed by atoms with Gasteiger partial charge in [-0.15, -0.1) is 0 Å². The fourth-order valence-electron chi connectivity index (χ4n) is 3.01. The first kappa shape index (κ1) is 16.1. The lowest BCUT2D eigenvalue weighted by Gasteiger charge is -2.40. The number of hydrogen-bond acceptors (Lipinski definition) is 4. The van der Waals surface area contributed by atoms with Crippen molar-refractivity contribution in [2.45, 2.75) is 32.1 Å². The molecule has 120 valence electrons. The number of hydrogen-bond donors (Lipinski definition) is 3. The third-order valence-electron chi connectivity index (χ3n) is 4.44. The Morgan fingerprint density at radius 1 is 1.24 bits per heavy atom. The molecule has 2 aliphatic rings. The Kier molecular flexibility index (Phi) is 4.75. The van der Waals surface area contributed by atoms with Crippen molar-refractivity contribution in [1.82, 2.24) is 10.6 Å². The molecule has 1 unspecified atom stereocenters. The van der Waals surface area contributed by atoms with E-state index in [0.29, 0.717) is 19.5 Å². The lowest BCUT2D eigenvalue weighted by molar-refractivity contribution is -0.141. The van der Waals surface area contributed by atoms with Crippen molar-refractivity contribution >= 4 is 21.8 Å². The van der Waals surface area contributed by atoms with E-state index in [1.54, 1.807) is 0 Å². The Morgan fingerprint density at radius 2 is 1.95 bits per heavy atom. The number of sulfone groups is 1. The predicted molar refractivity (Wildman–Crippen MR) is 76.7 cm³/mol. The quantitative estimate of drug-likeness (QED) is 0.655. The van der Waals surface area contributed by atoms with Crippen LogP contribution in [0.2, 0.25) is 0 Å². The number of aliphatic carboxylic acids is 1. The van der Waals surface area contributed by atoms with Gasteiger partial charge in [0.2, 0.25) is 0 Å². The normalized spacial score (nSPS) is 25.8. The van der Waals surface area contributed by atoms with Crippen LogP contribution in [0.1, 0.15) is 32.1 Å². The Bertz CT molecular complexity index is 513. The second-order valence-corrected chi connectivity index (χ2v) is 8.49. The fourth-order valence-corrected chi connectivity index (χ4v) is 4.88. The number of carbonyl (C=O) groups is 2. The van der Waals surface area contributed by atoms with Gasteiger partial charge in [0.1, 0.15) is 0 Å². The lowest BCUT2D eigenvalue weighted by atomic mass is 9.66. The Morgan fingerprint density at radius 3 is 2.43 bits per heavy atom. The summed E-state index contributed by atoms with van der Waals surface area (Å²) < 4.78 is 22.6. The van der Waals surface area contributed by atoms with Crippen LogP contribution >= 0.6 is 0 Å². The first-order valence-electron chi connectivity index (χ1n) is 7.24. The second-order valence-electron chi connectivity index (χ2n) is 6.26. The van der Waals surface area contributed by atoms with Crippen molar-refractivity contribution in [2.75, 3.05) is 24.6 Å². The molecule has 1 saturated carbocycles. The van der Waals surface area contributed by atoms with Crippen molar-refractivity contribution < 1.29 is 23.1 Å². The van der Waals surface area contributed by atoms with Gasteiger partial charge in [-0.05, 0) is 30.6 Å². The zero-order valence-corrected chi connectivity index (χ0v) is 12.7. The Balaban J connectivity index is 1.69. The fraction of sp³-hybridized carbons (Fsp3) is 0.846. The monoisotopic (exact) mass is 318 g/mol. The maximum atomic E-state index is 11.7. The zero-order valence-electron chi connectivity index (χ0n) is 11.9. The third-order valence-corrected chi connectivity index (χ3v) is 6.28. The minimum absolute atomic E-state index is 0.0163. The summed E-state index contributed by atoms with van der Waals surface area (Å²) in [4.78, 5) is 22.5. The minimum atomic E-state index is -2.92. The molecule has 0 aromatic rings. The average Bonchev–Trinajstić information content (AvgIpc) is 2.69. The van der Waals surface area contributed by atoms with E-state index in [1.807, 2.05) is 0 Å². The topological polar surface area (TPSA) is 113 Å². The SMILES string of the molecule is O=C(O)CC1(CNC(=O)NCC2CCS(=O)(=O)C2)CCC1.